The number of nitrogens with two attached hydrogens (primary N) is 1. The minimum absolute atomic E-state index is 0.227. The SMILES string of the molecule is CC(C)COCCNCC(N)=O. The van der Waals surface area contributed by atoms with Crippen molar-refractivity contribution < 1.29 is 9.53 Å². The minimum Gasteiger partial charge on any atom is -0.380 e. The fraction of sp³-hybridized carbons (Fsp3) is 0.875. The molecule has 0 heterocycles. The standard InChI is InChI=1S/C8H18N2O2/c1-7(2)6-12-4-3-10-5-8(9)11/h7,10H,3-6H2,1-2H3,(H2,9,11). The van der Waals surface area contributed by atoms with Gasteiger partial charge in [0.1, 0.15) is 0 Å². The Morgan fingerprint density at radius 1 is 1.58 bits per heavy atom. The summed E-state index contributed by atoms with van der Waals surface area (Å²) in [6.07, 6.45) is 0. The highest BCUT2D eigenvalue weighted by molar-refractivity contribution is 5.75. The zero-order valence-electron chi connectivity index (χ0n) is 7.80. The molecule has 0 spiro atoms. The third-order valence-corrected chi connectivity index (χ3v) is 1.17. The summed E-state index contributed by atoms with van der Waals surface area (Å²) in [5.74, 6) is 0.222. The van der Waals surface area contributed by atoms with E-state index in [0.29, 0.717) is 19.1 Å². The summed E-state index contributed by atoms with van der Waals surface area (Å²) in [4.78, 5) is 10.3. The quantitative estimate of drug-likeness (QED) is 0.522. The topological polar surface area (TPSA) is 64.3 Å². The fourth-order valence-electron chi connectivity index (χ4n) is 0.675. The maximum Gasteiger partial charge on any atom is 0.231 e. The van der Waals surface area contributed by atoms with Crippen LogP contribution in [0.2, 0.25) is 0 Å². The van der Waals surface area contributed by atoms with Gasteiger partial charge in [-0.3, -0.25) is 4.79 Å². The number of ether oxygens (including phenoxy) is 1. The van der Waals surface area contributed by atoms with Crippen molar-refractivity contribution in [3.8, 4) is 0 Å². The summed E-state index contributed by atoms with van der Waals surface area (Å²) >= 11 is 0. The van der Waals surface area contributed by atoms with E-state index in [1.807, 2.05) is 0 Å². The molecular weight excluding hydrogens is 156 g/mol. The van der Waals surface area contributed by atoms with E-state index < -0.39 is 0 Å². The molecule has 0 atom stereocenters. The molecule has 0 unspecified atom stereocenters. The Morgan fingerprint density at radius 3 is 2.75 bits per heavy atom. The molecule has 0 bridgehead atoms. The lowest BCUT2D eigenvalue weighted by Gasteiger charge is -2.06. The molecule has 3 N–H and O–H groups in total. The van der Waals surface area contributed by atoms with Gasteiger partial charge >= 0.3 is 0 Å². The lowest BCUT2D eigenvalue weighted by atomic mass is 10.2. The molecule has 0 aliphatic rings. The number of rotatable bonds is 7. The van der Waals surface area contributed by atoms with Crippen LogP contribution in [-0.4, -0.2) is 32.2 Å². The van der Waals surface area contributed by atoms with Crippen LogP contribution in [0.3, 0.4) is 0 Å². The van der Waals surface area contributed by atoms with Crippen LogP contribution < -0.4 is 11.1 Å². The molecule has 0 fully saturated rings. The Kier molecular flexibility index (Phi) is 6.70. The van der Waals surface area contributed by atoms with Gasteiger partial charge in [-0.05, 0) is 5.92 Å². The zero-order valence-corrected chi connectivity index (χ0v) is 7.80. The van der Waals surface area contributed by atoms with Crippen molar-refractivity contribution in [1.82, 2.24) is 5.32 Å². The maximum absolute atomic E-state index is 10.3. The monoisotopic (exact) mass is 174 g/mol. The first-order valence-electron chi connectivity index (χ1n) is 4.19. The molecule has 72 valence electrons. The molecular formula is C8H18N2O2. The lowest BCUT2D eigenvalue weighted by Crippen LogP contribution is -2.31. The first-order valence-corrected chi connectivity index (χ1v) is 4.19. The van der Waals surface area contributed by atoms with Gasteiger partial charge in [0.2, 0.25) is 5.91 Å². The first-order chi connectivity index (χ1) is 5.63. The van der Waals surface area contributed by atoms with E-state index in [1.165, 1.54) is 0 Å². The van der Waals surface area contributed by atoms with E-state index in [4.69, 9.17) is 10.5 Å². The molecule has 0 saturated carbocycles. The van der Waals surface area contributed by atoms with Crippen LogP contribution in [0.25, 0.3) is 0 Å². The Morgan fingerprint density at radius 2 is 2.25 bits per heavy atom. The second-order valence-electron chi connectivity index (χ2n) is 3.11. The molecule has 0 aromatic carbocycles. The molecule has 4 heteroatoms. The average molecular weight is 174 g/mol. The van der Waals surface area contributed by atoms with Crippen LogP contribution in [0.1, 0.15) is 13.8 Å². The van der Waals surface area contributed by atoms with Crippen molar-refractivity contribution in [1.29, 1.82) is 0 Å². The Labute approximate surface area is 73.5 Å². The van der Waals surface area contributed by atoms with E-state index in [9.17, 15) is 4.79 Å². The van der Waals surface area contributed by atoms with Gasteiger partial charge in [0.05, 0.1) is 13.2 Å². The molecule has 0 aromatic heterocycles. The van der Waals surface area contributed by atoms with E-state index in [1.54, 1.807) is 0 Å². The molecule has 0 aliphatic heterocycles. The molecule has 0 aromatic rings. The Bertz CT molecular complexity index is 126. The van der Waals surface area contributed by atoms with Crippen LogP contribution in [0.5, 0.6) is 0 Å². The molecule has 1 amide bonds. The highest BCUT2D eigenvalue weighted by atomic mass is 16.5. The van der Waals surface area contributed by atoms with E-state index in [0.717, 1.165) is 6.61 Å². The maximum atomic E-state index is 10.3. The van der Waals surface area contributed by atoms with Crippen molar-refractivity contribution in [2.24, 2.45) is 11.7 Å². The largest absolute Gasteiger partial charge is 0.380 e. The molecule has 0 rings (SSSR count). The second kappa shape index (κ2) is 7.06. The van der Waals surface area contributed by atoms with Gasteiger partial charge in [0, 0.05) is 13.2 Å². The average Bonchev–Trinajstić information content (AvgIpc) is 1.95. The van der Waals surface area contributed by atoms with E-state index in [2.05, 4.69) is 19.2 Å². The van der Waals surface area contributed by atoms with Crippen molar-refractivity contribution in [3.63, 3.8) is 0 Å². The summed E-state index contributed by atoms with van der Waals surface area (Å²) < 4.78 is 5.26. The summed E-state index contributed by atoms with van der Waals surface area (Å²) in [6.45, 7) is 6.48. The number of primary amides is 1. The van der Waals surface area contributed by atoms with E-state index in [-0.39, 0.29) is 12.5 Å². The summed E-state index contributed by atoms with van der Waals surface area (Å²) in [5, 5.41) is 2.86. The normalized spacial score (nSPS) is 10.6. The summed E-state index contributed by atoms with van der Waals surface area (Å²) in [5.41, 5.74) is 4.91. The second-order valence-corrected chi connectivity index (χ2v) is 3.11. The van der Waals surface area contributed by atoms with Crippen molar-refractivity contribution in [2.75, 3.05) is 26.3 Å². The summed E-state index contributed by atoms with van der Waals surface area (Å²) in [7, 11) is 0. The Hall–Kier alpha value is -0.610. The van der Waals surface area contributed by atoms with Gasteiger partial charge in [0.15, 0.2) is 0 Å². The number of hydrogen-bond acceptors (Lipinski definition) is 3. The van der Waals surface area contributed by atoms with Gasteiger partial charge in [-0.2, -0.15) is 0 Å². The van der Waals surface area contributed by atoms with Crippen LogP contribution in [0.15, 0.2) is 0 Å². The minimum atomic E-state index is -0.334. The highest BCUT2D eigenvalue weighted by Crippen LogP contribution is 1.90. The summed E-state index contributed by atoms with van der Waals surface area (Å²) in [6, 6.07) is 0. The number of nitrogens with one attached hydrogen (secondary N) is 1. The molecule has 0 saturated heterocycles. The fourth-order valence-corrected chi connectivity index (χ4v) is 0.675. The van der Waals surface area contributed by atoms with Crippen molar-refractivity contribution in [3.05, 3.63) is 0 Å². The predicted molar refractivity (Wildman–Crippen MR) is 47.7 cm³/mol. The van der Waals surface area contributed by atoms with Gasteiger partial charge in [-0.15, -0.1) is 0 Å². The van der Waals surface area contributed by atoms with Crippen LogP contribution >= 0.6 is 0 Å². The smallest absolute Gasteiger partial charge is 0.231 e. The van der Waals surface area contributed by atoms with Gasteiger partial charge in [-0.1, -0.05) is 13.8 Å². The van der Waals surface area contributed by atoms with E-state index >= 15 is 0 Å². The van der Waals surface area contributed by atoms with Gasteiger partial charge < -0.3 is 15.8 Å². The van der Waals surface area contributed by atoms with Crippen LogP contribution in [0, 0.1) is 5.92 Å². The molecule has 0 radical (unpaired) electrons. The highest BCUT2D eigenvalue weighted by Gasteiger charge is 1.94. The predicted octanol–water partition coefficient (Wildman–Crippen LogP) is -0.266. The molecule has 12 heavy (non-hydrogen) atoms. The third kappa shape index (κ3) is 9.39. The number of amides is 1. The zero-order chi connectivity index (χ0) is 9.40. The number of carbonyl (C=O) groups excluding carboxylic acids is 1. The van der Waals surface area contributed by atoms with Gasteiger partial charge in [0.25, 0.3) is 0 Å². The molecule has 0 aliphatic carbocycles. The van der Waals surface area contributed by atoms with Crippen molar-refractivity contribution >= 4 is 5.91 Å². The third-order valence-electron chi connectivity index (χ3n) is 1.17. The molecule has 4 nitrogen and oxygen atoms in total. The van der Waals surface area contributed by atoms with Crippen LogP contribution in [0.4, 0.5) is 0 Å². The first kappa shape index (κ1) is 11.4. The number of carbonyl (C=O) groups is 1. The van der Waals surface area contributed by atoms with Crippen LogP contribution in [-0.2, 0) is 9.53 Å². The lowest BCUT2D eigenvalue weighted by molar-refractivity contribution is -0.117. The van der Waals surface area contributed by atoms with Crippen molar-refractivity contribution in [2.45, 2.75) is 13.8 Å². The number of hydrogen-bond donors (Lipinski definition) is 2. The van der Waals surface area contributed by atoms with Gasteiger partial charge in [-0.25, -0.2) is 0 Å². The Balaban J connectivity index is 2.96.